The lowest BCUT2D eigenvalue weighted by Crippen LogP contribution is -2.22. The van der Waals surface area contributed by atoms with Crippen LogP contribution in [0.5, 0.6) is 11.5 Å². The van der Waals surface area contributed by atoms with Gasteiger partial charge in [-0.15, -0.1) is 0 Å². The molecule has 0 amide bonds. The molecule has 3 rings (SSSR count). The number of carbonyl (C=O) groups excluding carboxylic acids is 3. The lowest BCUT2D eigenvalue weighted by atomic mass is 9.82. The molecule has 158 valence electrons. The number of aliphatic hydroxyl groups excluding tert-OH is 1. The van der Waals surface area contributed by atoms with Gasteiger partial charge in [-0.2, -0.15) is 0 Å². The largest absolute Gasteiger partial charge is 0.507 e. The first-order valence-corrected chi connectivity index (χ1v) is 9.76. The molecule has 0 bridgehead atoms. The Balaban J connectivity index is 2.18. The van der Waals surface area contributed by atoms with Crippen molar-refractivity contribution in [2.75, 3.05) is 13.7 Å². The molecule has 2 aliphatic carbocycles. The standard InChI is InChI=1S/C23H24O7/c1-3-4-8-18(30-2)15-10-16(25)19-20(23(15)29)21(27)13-7-5-6-12(17(26)11-24)9-14(13)22(19)28/h3-4,8,10,12,24,27-28H,5-7,9,11H2,1-2H3/b4-3-,18-8+. The molecule has 0 spiro atoms. The Morgan fingerprint density at radius 3 is 2.53 bits per heavy atom. The van der Waals surface area contributed by atoms with E-state index in [2.05, 4.69) is 0 Å². The lowest BCUT2D eigenvalue weighted by Gasteiger charge is -2.23. The molecule has 1 aromatic rings. The van der Waals surface area contributed by atoms with Crippen molar-refractivity contribution in [1.82, 2.24) is 0 Å². The number of fused-ring (bicyclic) bond motifs is 2. The fourth-order valence-electron chi connectivity index (χ4n) is 4.09. The number of carbonyl (C=O) groups is 3. The van der Waals surface area contributed by atoms with Crippen molar-refractivity contribution >= 4 is 17.3 Å². The average Bonchev–Trinajstić information content (AvgIpc) is 2.97. The number of hydrogen-bond acceptors (Lipinski definition) is 7. The second-order valence-electron chi connectivity index (χ2n) is 7.33. The van der Waals surface area contributed by atoms with Crippen LogP contribution in [-0.4, -0.2) is 46.4 Å². The second-order valence-corrected chi connectivity index (χ2v) is 7.33. The number of phenols is 2. The van der Waals surface area contributed by atoms with E-state index < -0.39 is 24.1 Å². The maximum atomic E-state index is 13.2. The second kappa shape index (κ2) is 8.67. The van der Waals surface area contributed by atoms with Crippen molar-refractivity contribution in [2.45, 2.75) is 32.6 Å². The molecule has 0 aromatic heterocycles. The summed E-state index contributed by atoms with van der Waals surface area (Å²) in [5, 5.41) is 31.0. The first-order valence-electron chi connectivity index (χ1n) is 9.76. The van der Waals surface area contributed by atoms with Crippen LogP contribution in [-0.2, 0) is 22.4 Å². The number of hydrogen-bond donors (Lipinski definition) is 3. The fourth-order valence-corrected chi connectivity index (χ4v) is 4.09. The Bertz CT molecular complexity index is 1010. The zero-order valence-electron chi connectivity index (χ0n) is 16.9. The third-order valence-corrected chi connectivity index (χ3v) is 5.62. The summed E-state index contributed by atoms with van der Waals surface area (Å²) in [6, 6.07) is 0. The van der Waals surface area contributed by atoms with Crippen LogP contribution in [0.4, 0.5) is 0 Å². The Morgan fingerprint density at radius 1 is 1.20 bits per heavy atom. The van der Waals surface area contributed by atoms with Crippen molar-refractivity contribution in [1.29, 1.82) is 0 Å². The number of aliphatic hydroxyl groups is 1. The summed E-state index contributed by atoms with van der Waals surface area (Å²) < 4.78 is 5.24. The van der Waals surface area contributed by atoms with Crippen LogP contribution in [0.1, 0.15) is 51.6 Å². The van der Waals surface area contributed by atoms with Gasteiger partial charge in [-0.05, 0) is 38.7 Å². The van der Waals surface area contributed by atoms with E-state index >= 15 is 0 Å². The third-order valence-electron chi connectivity index (χ3n) is 5.62. The molecule has 2 aliphatic rings. The molecule has 3 N–H and O–H groups in total. The van der Waals surface area contributed by atoms with Crippen molar-refractivity contribution in [3.05, 3.63) is 57.9 Å². The SMILES string of the molecule is C/C=C\C=C(\OC)C1=CC(=O)c2c(O)c3c(c(O)c2C1=O)CCCC(C(=O)CO)C3. The van der Waals surface area contributed by atoms with Gasteiger partial charge in [-0.3, -0.25) is 14.4 Å². The van der Waals surface area contributed by atoms with Gasteiger partial charge >= 0.3 is 0 Å². The van der Waals surface area contributed by atoms with Gasteiger partial charge in [0.1, 0.15) is 23.9 Å². The van der Waals surface area contributed by atoms with E-state index in [1.165, 1.54) is 13.2 Å². The van der Waals surface area contributed by atoms with Crippen molar-refractivity contribution in [3.8, 4) is 11.5 Å². The summed E-state index contributed by atoms with van der Waals surface area (Å²) in [6.45, 7) is 1.18. The number of phenolic OH excluding ortho intramolecular Hbond substituents is 2. The van der Waals surface area contributed by atoms with Crippen molar-refractivity contribution in [2.24, 2.45) is 5.92 Å². The summed E-state index contributed by atoms with van der Waals surface area (Å²) in [5.74, 6) is -2.70. The topological polar surface area (TPSA) is 121 Å². The van der Waals surface area contributed by atoms with E-state index in [-0.39, 0.29) is 51.7 Å². The van der Waals surface area contributed by atoms with Crippen LogP contribution in [0.25, 0.3) is 0 Å². The van der Waals surface area contributed by atoms with Crippen molar-refractivity contribution < 1.29 is 34.4 Å². The fraction of sp³-hybridized carbons (Fsp3) is 0.348. The van der Waals surface area contributed by atoms with Gasteiger partial charge in [0.2, 0.25) is 5.78 Å². The predicted octanol–water partition coefficient (Wildman–Crippen LogP) is 2.57. The van der Waals surface area contributed by atoms with Crippen LogP contribution in [0.2, 0.25) is 0 Å². The lowest BCUT2D eigenvalue weighted by molar-refractivity contribution is -0.125. The number of rotatable bonds is 5. The first kappa shape index (κ1) is 21.5. The Hall–Kier alpha value is -3.19. The maximum Gasteiger partial charge on any atom is 0.201 e. The molecule has 0 radical (unpaired) electrons. The van der Waals surface area contributed by atoms with E-state index in [0.29, 0.717) is 24.8 Å². The molecule has 1 aromatic carbocycles. The summed E-state index contributed by atoms with van der Waals surface area (Å²) >= 11 is 0. The van der Waals surface area contributed by atoms with Crippen LogP contribution in [0, 0.1) is 5.92 Å². The number of aromatic hydroxyl groups is 2. The molecule has 7 heteroatoms. The molecular formula is C23H24O7. The Labute approximate surface area is 174 Å². The minimum absolute atomic E-state index is 0.00953. The average molecular weight is 412 g/mol. The normalized spacial score (nSPS) is 19.2. The van der Waals surface area contributed by atoms with E-state index in [0.717, 1.165) is 6.08 Å². The van der Waals surface area contributed by atoms with E-state index in [9.17, 15) is 29.7 Å². The molecule has 0 fully saturated rings. The van der Waals surface area contributed by atoms with Crippen molar-refractivity contribution in [3.63, 3.8) is 0 Å². The molecule has 0 heterocycles. The number of Topliss-reactive ketones (excluding diaryl/α,β-unsaturated/α-hetero) is 2. The van der Waals surface area contributed by atoms with Gasteiger partial charge in [0.25, 0.3) is 0 Å². The number of ether oxygens (including phenoxy) is 1. The van der Waals surface area contributed by atoms with E-state index in [1.807, 2.05) is 0 Å². The zero-order chi connectivity index (χ0) is 22.0. The first-order chi connectivity index (χ1) is 14.3. The van der Waals surface area contributed by atoms with Gasteiger partial charge in [0.15, 0.2) is 11.6 Å². The quantitative estimate of drug-likeness (QED) is 0.294. The summed E-state index contributed by atoms with van der Waals surface area (Å²) in [4.78, 5) is 38.0. The number of allylic oxidation sites excluding steroid dienone is 5. The highest BCUT2D eigenvalue weighted by Crippen LogP contribution is 2.45. The zero-order valence-corrected chi connectivity index (χ0v) is 16.9. The molecule has 0 saturated carbocycles. The van der Waals surface area contributed by atoms with Gasteiger partial charge in [0, 0.05) is 23.1 Å². The monoisotopic (exact) mass is 412 g/mol. The summed E-state index contributed by atoms with van der Waals surface area (Å²) in [6.07, 6.45) is 7.44. The van der Waals surface area contributed by atoms with E-state index in [4.69, 9.17) is 4.74 Å². The molecule has 0 aliphatic heterocycles. The molecule has 1 unspecified atom stereocenters. The highest BCUT2D eigenvalue weighted by atomic mass is 16.5. The van der Waals surface area contributed by atoms with Gasteiger partial charge in [-0.1, -0.05) is 12.2 Å². The highest BCUT2D eigenvalue weighted by molar-refractivity contribution is 6.28. The van der Waals surface area contributed by atoms with E-state index in [1.54, 1.807) is 19.1 Å². The molecular weight excluding hydrogens is 388 g/mol. The van der Waals surface area contributed by atoms with Crippen LogP contribution in [0.15, 0.2) is 35.6 Å². The maximum absolute atomic E-state index is 13.2. The van der Waals surface area contributed by atoms with Gasteiger partial charge < -0.3 is 20.1 Å². The molecule has 0 saturated heterocycles. The highest BCUT2D eigenvalue weighted by Gasteiger charge is 2.38. The summed E-state index contributed by atoms with van der Waals surface area (Å²) in [7, 11) is 1.37. The summed E-state index contributed by atoms with van der Waals surface area (Å²) in [5.41, 5.74) is 0.121. The van der Waals surface area contributed by atoms with Crippen LogP contribution >= 0.6 is 0 Å². The predicted molar refractivity (Wildman–Crippen MR) is 109 cm³/mol. The molecule has 7 nitrogen and oxygen atoms in total. The molecule has 1 atom stereocenters. The Morgan fingerprint density at radius 2 is 1.90 bits per heavy atom. The number of methoxy groups -OCH3 is 1. The number of benzene rings is 1. The smallest absolute Gasteiger partial charge is 0.201 e. The van der Waals surface area contributed by atoms with Gasteiger partial charge in [-0.25, -0.2) is 0 Å². The number of ketones is 3. The third kappa shape index (κ3) is 3.57. The van der Waals surface area contributed by atoms with Gasteiger partial charge in [0.05, 0.1) is 23.8 Å². The molecule has 30 heavy (non-hydrogen) atoms. The minimum Gasteiger partial charge on any atom is -0.507 e. The van der Waals surface area contributed by atoms with Crippen LogP contribution < -0.4 is 0 Å². The minimum atomic E-state index is -0.632. The van der Waals surface area contributed by atoms with Crippen LogP contribution in [0.3, 0.4) is 0 Å². The Kier molecular flexibility index (Phi) is 6.22.